The Labute approximate surface area is 171 Å². The molecule has 1 atom stereocenters. The summed E-state index contributed by atoms with van der Waals surface area (Å²) in [7, 11) is 0. The summed E-state index contributed by atoms with van der Waals surface area (Å²) in [6.45, 7) is 3.95. The van der Waals surface area contributed by atoms with Crippen LogP contribution in [0.1, 0.15) is 40.5 Å². The third-order valence-corrected chi connectivity index (χ3v) is 5.56. The van der Waals surface area contributed by atoms with E-state index in [1.807, 2.05) is 41.3 Å². The van der Waals surface area contributed by atoms with E-state index in [1.165, 1.54) is 17.2 Å². The number of hydrogen-bond acceptors (Lipinski definition) is 3. The number of aliphatic hydroxyl groups excluding tert-OH is 1. The molecule has 3 aromatic rings. The van der Waals surface area contributed by atoms with Crippen molar-refractivity contribution in [2.75, 3.05) is 0 Å². The van der Waals surface area contributed by atoms with E-state index in [9.17, 15) is 9.90 Å². The average Bonchev–Trinajstić information content (AvgIpc) is 3.20. The lowest BCUT2D eigenvalue weighted by Gasteiger charge is -2.33. The van der Waals surface area contributed by atoms with E-state index in [-0.39, 0.29) is 18.4 Å². The summed E-state index contributed by atoms with van der Waals surface area (Å²) in [6, 6.07) is 20.1. The minimum Gasteiger partial charge on any atom is -0.467 e. The highest BCUT2D eigenvalue weighted by Gasteiger charge is 2.32. The summed E-state index contributed by atoms with van der Waals surface area (Å²) in [6.07, 6.45) is 4.00. The molecule has 1 heterocycles. The molecule has 1 aromatic heterocycles. The fraction of sp³-hybridized carbons (Fsp3) is 0.240. The van der Waals surface area contributed by atoms with Crippen molar-refractivity contribution in [1.82, 2.24) is 4.90 Å². The van der Waals surface area contributed by atoms with Gasteiger partial charge < -0.3 is 14.4 Å². The average molecular weight is 389 g/mol. The standard InChI is InChI=1S/C25H25NO3/c1-2-20(27)16-24(28)26(17-21-10-7-15-29-21)25-22-11-5-3-8-18(22)13-14-19-9-4-6-12-23(19)25/h2-12,15,20,25,27H,1,13-14,16-17H2/i16+1,24+1. The third kappa shape index (κ3) is 4.03. The Hall–Kier alpha value is -3.11. The van der Waals surface area contributed by atoms with Crippen LogP contribution in [-0.2, 0) is 24.2 Å². The van der Waals surface area contributed by atoms with Gasteiger partial charge in [0.15, 0.2) is 0 Å². The molecule has 0 spiro atoms. The number of carbonyl (C=O) groups is 1. The number of amides is 1. The predicted molar refractivity (Wildman–Crippen MR) is 112 cm³/mol. The lowest BCUT2D eigenvalue weighted by molar-refractivity contribution is -0.135. The maximum absolute atomic E-state index is 13.3. The fourth-order valence-electron chi connectivity index (χ4n) is 4.10. The number of rotatable bonds is 6. The summed E-state index contributed by atoms with van der Waals surface area (Å²) in [4.78, 5) is 15.2. The molecule has 4 heteroatoms. The fourth-order valence-corrected chi connectivity index (χ4v) is 4.10. The van der Waals surface area contributed by atoms with Gasteiger partial charge in [-0.2, -0.15) is 0 Å². The molecule has 1 unspecified atom stereocenters. The van der Waals surface area contributed by atoms with Crippen molar-refractivity contribution in [3.05, 3.63) is 108 Å². The maximum atomic E-state index is 13.3. The highest BCUT2D eigenvalue weighted by atomic mass is 16.3. The number of aliphatic hydroxyl groups is 1. The highest BCUT2D eigenvalue weighted by molar-refractivity contribution is 5.78. The first-order valence-electron chi connectivity index (χ1n) is 9.95. The quantitative estimate of drug-likeness (QED) is 0.501. The van der Waals surface area contributed by atoms with Crippen LogP contribution in [0.4, 0.5) is 0 Å². The second-order valence-corrected chi connectivity index (χ2v) is 7.41. The highest BCUT2D eigenvalue weighted by Crippen LogP contribution is 2.38. The van der Waals surface area contributed by atoms with Gasteiger partial charge in [-0.25, -0.2) is 0 Å². The van der Waals surface area contributed by atoms with Gasteiger partial charge in [-0.05, 0) is 47.2 Å². The first-order valence-corrected chi connectivity index (χ1v) is 9.95. The molecule has 148 valence electrons. The number of benzene rings is 2. The molecular weight excluding hydrogens is 364 g/mol. The van der Waals surface area contributed by atoms with Crippen LogP contribution in [0.15, 0.2) is 84.0 Å². The van der Waals surface area contributed by atoms with Gasteiger partial charge in [0, 0.05) is 0 Å². The molecule has 1 N–H and O–H groups in total. The zero-order chi connectivity index (χ0) is 20.2. The van der Waals surface area contributed by atoms with Crippen LogP contribution >= 0.6 is 0 Å². The smallest absolute Gasteiger partial charge is 0.226 e. The normalized spacial score (nSPS) is 14.4. The zero-order valence-corrected chi connectivity index (χ0v) is 16.3. The zero-order valence-electron chi connectivity index (χ0n) is 16.3. The van der Waals surface area contributed by atoms with Crippen LogP contribution < -0.4 is 0 Å². The minimum absolute atomic E-state index is 0.00889. The third-order valence-electron chi connectivity index (χ3n) is 5.56. The second-order valence-electron chi connectivity index (χ2n) is 7.41. The van der Waals surface area contributed by atoms with Gasteiger partial charge in [-0.15, -0.1) is 6.58 Å². The van der Waals surface area contributed by atoms with Gasteiger partial charge >= 0.3 is 0 Å². The Morgan fingerprint density at radius 1 is 1.07 bits per heavy atom. The van der Waals surface area contributed by atoms with Gasteiger partial charge in [0.05, 0.1) is 31.4 Å². The van der Waals surface area contributed by atoms with E-state index in [4.69, 9.17) is 4.42 Å². The molecule has 2 aromatic carbocycles. The number of hydrogen-bond donors (Lipinski definition) is 1. The summed E-state index contributed by atoms with van der Waals surface area (Å²) in [5.41, 5.74) is 4.75. The van der Waals surface area contributed by atoms with E-state index < -0.39 is 6.10 Å². The van der Waals surface area contributed by atoms with Crippen LogP contribution in [0, 0.1) is 0 Å². The Bertz CT molecular complexity index is 945. The van der Waals surface area contributed by atoms with E-state index in [2.05, 4.69) is 30.8 Å². The summed E-state index contributed by atoms with van der Waals surface area (Å²) in [5, 5.41) is 10.1. The van der Waals surface area contributed by atoms with Crippen molar-refractivity contribution in [1.29, 1.82) is 0 Å². The van der Waals surface area contributed by atoms with Crippen LogP contribution in [0.3, 0.4) is 0 Å². The molecular formula is C25H25NO3. The van der Waals surface area contributed by atoms with E-state index in [0.29, 0.717) is 12.3 Å². The molecule has 1 aliphatic carbocycles. The number of aryl methyl sites for hydroxylation is 2. The molecule has 29 heavy (non-hydrogen) atoms. The molecule has 0 saturated heterocycles. The minimum atomic E-state index is -0.877. The van der Waals surface area contributed by atoms with Gasteiger partial charge in [0.25, 0.3) is 0 Å². The van der Waals surface area contributed by atoms with E-state index in [1.54, 1.807) is 6.26 Å². The van der Waals surface area contributed by atoms with Crippen LogP contribution in [0.2, 0.25) is 0 Å². The molecule has 0 aliphatic heterocycles. The number of nitrogens with zero attached hydrogens (tertiary/aromatic N) is 1. The van der Waals surface area contributed by atoms with Crippen molar-refractivity contribution < 1.29 is 14.3 Å². The molecule has 1 aliphatic rings. The Morgan fingerprint density at radius 3 is 2.24 bits per heavy atom. The predicted octanol–water partition coefficient (Wildman–Crippen LogP) is 4.43. The maximum Gasteiger partial charge on any atom is 0.226 e. The van der Waals surface area contributed by atoms with Gasteiger partial charge in [-0.1, -0.05) is 54.6 Å². The van der Waals surface area contributed by atoms with Crippen molar-refractivity contribution in [2.45, 2.75) is 38.0 Å². The first-order chi connectivity index (χ1) is 14.2. The lowest BCUT2D eigenvalue weighted by Crippen LogP contribution is -2.37. The molecule has 0 saturated carbocycles. The Kier molecular flexibility index (Phi) is 5.63. The van der Waals surface area contributed by atoms with E-state index in [0.717, 1.165) is 24.0 Å². The monoisotopic (exact) mass is 389 g/mol. The largest absolute Gasteiger partial charge is 0.467 e. The van der Waals surface area contributed by atoms with Crippen LogP contribution in [0.5, 0.6) is 0 Å². The number of carbonyl (C=O) groups excluding carboxylic acids is 1. The van der Waals surface area contributed by atoms with Gasteiger partial charge in [0.1, 0.15) is 5.76 Å². The summed E-state index contributed by atoms with van der Waals surface area (Å²) in [5.74, 6) is 0.580. The van der Waals surface area contributed by atoms with Crippen molar-refractivity contribution in [3.8, 4) is 0 Å². The molecule has 4 nitrogen and oxygen atoms in total. The number of furan rings is 1. The topological polar surface area (TPSA) is 53.7 Å². The molecule has 1 amide bonds. The lowest BCUT2D eigenvalue weighted by atomic mass is 9.94. The molecule has 4 rings (SSSR count). The van der Waals surface area contributed by atoms with Gasteiger partial charge in [0.2, 0.25) is 5.91 Å². The molecule has 0 radical (unpaired) electrons. The van der Waals surface area contributed by atoms with Crippen molar-refractivity contribution >= 4 is 5.91 Å². The van der Waals surface area contributed by atoms with Crippen LogP contribution in [-0.4, -0.2) is 22.0 Å². The first kappa shape index (κ1) is 19.2. The van der Waals surface area contributed by atoms with Crippen molar-refractivity contribution in [3.63, 3.8) is 0 Å². The summed E-state index contributed by atoms with van der Waals surface area (Å²) < 4.78 is 5.57. The van der Waals surface area contributed by atoms with E-state index >= 15 is 0 Å². The van der Waals surface area contributed by atoms with Crippen molar-refractivity contribution in [2.24, 2.45) is 0 Å². The Morgan fingerprint density at radius 2 is 1.69 bits per heavy atom. The molecule has 0 bridgehead atoms. The SMILES string of the molecule is C=CC(O)[13CH2][13C](=O)N(Cc1ccco1)C1c2ccccc2CCc2ccccc21. The van der Waals surface area contributed by atoms with Crippen LogP contribution in [0.25, 0.3) is 0 Å². The Balaban J connectivity index is 1.84. The second kappa shape index (κ2) is 8.50. The summed E-state index contributed by atoms with van der Waals surface area (Å²) >= 11 is 0. The van der Waals surface area contributed by atoms with Gasteiger partial charge in [-0.3, -0.25) is 4.79 Å². The number of fused-ring (bicyclic) bond motifs is 2. The molecule has 0 fully saturated rings.